The molecule has 0 saturated carbocycles. The second-order valence-electron chi connectivity index (χ2n) is 5.89. The molecule has 1 aliphatic rings. The van der Waals surface area contributed by atoms with E-state index in [0.717, 1.165) is 11.1 Å². The van der Waals surface area contributed by atoms with Crippen LogP contribution >= 0.6 is 39.3 Å². The van der Waals surface area contributed by atoms with Gasteiger partial charge in [0.1, 0.15) is 6.07 Å². The Morgan fingerprint density at radius 2 is 2.17 bits per heavy atom. The number of benzene rings is 2. The SMILES string of the molecule is COc1cc(/C=C2\SC(=Nc3cc(Cl)ccc3C)NC2=O)cc(Br)c1OCC#N. The largest absolute Gasteiger partial charge is 0.493 e. The van der Waals surface area contributed by atoms with Gasteiger partial charge in [-0.25, -0.2) is 4.99 Å². The molecule has 1 saturated heterocycles. The molecular weight excluding hydrogens is 478 g/mol. The number of carbonyl (C=O) groups is 1. The molecule has 0 atom stereocenters. The Morgan fingerprint density at radius 1 is 1.38 bits per heavy atom. The molecule has 6 nitrogen and oxygen atoms in total. The Bertz CT molecular complexity index is 1080. The van der Waals surface area contributed by atoms with E-state index < -0.39 is 0 Å². The van der Waals surface area contributed by atoms with E-state index in [9.17, 15) is 4.79 Å². The molecule has 0 aromatic heterocycles. The number of ether oxygens (including phenoxy) is 2. The van der Waals surface area contributed by atoms with E-state index in [-0.39, 0.29) is 12.5 Å². The Hall–Kier alpha value is -2.47. The first-order valence-corrected chi connectivity index (χ1v) is 10.3. The van der Waals surface area contributed by atoms with Crippen LogP contribution in [0.1, 0.15) is 11.1 Å². The van der Waals surface area contributed by atoms with Crippen LogP contribution in [0.5, 0.6) is 11.5 Å². The van der Waals surface area contributed by atoms with Crippen LogP contribution in [-0.2, 0) is 4.79 Å². The van der Waals surface area contributed by atoms with Gasteiger partial charge >= 0.3 is 0 Å². The molecule has 0 aliphatic carbocycles. The summed E-state index contributed by atoms with van der Waals surface area (Å²) in [7, 11) is 1.51. The lowest BCUT2D eigenvalue weighted by Crippen LogP contribution is -2.19. The smallest absolute Gasteiger partial charge is 0.264 e. The highest BCUT2D eigenvalue weighted by Crippen LogP contribution is 2.38. The minimum Gasteiger partial charge on any atom is -0.493 e. The van der Waals surface area contributed by atoms with Crippen LogP contribution in [0.4, 0.5) is 5.69 Å². The van der Waals surface area contributed by atoms with Gasteiger partial charge in [-0.3, -0.25) is 4.79 Å². The molecule has 2 aromatic carbocycles. The monoisotopic (exact) mass is 491 g/mol. The first kappa shape index (κ1) is 21.2. The third-order valence-electron chi connectivity index (χ3n) is 3.87. The van der Waals surface area contributed by atoms with Gasteiger partial charge in [0.05, 0.1) is 22.2 Å². The van der Waals surface area contributed by atoms with Crippen molar-refractivity contribution in [1.82, 2.24) is 5.32 Å². The Labute approximate surface area is 185 Å². The molecule has 3 rings (SSSR count). The van der Waals surface area contributed by atoms with Gasteiger partial charge in [-0.1, -0.05) is 17.7 Å². The lowest BCUT2D eigenvalue weighted by molar-refractivity contribution is -0.115. The van der Waals surface area contributed by atoms with E-state index >= 15 is 0 Å². The summed E-state index contributed by atoms with van der Waals surface area (Å²) in [6.45, 7) is 1.82. The summed E-state index contributed by atoms with van der Waals surface area (Å²) in [6.07, 6.45) is 1.73. The predicted octanol–water partition coefficient (Wildman–Crippen LogP) is 5.21. The number of amidine groups is 1. The van der Waals surface area contributed by atoms with Gasteiger partial charge in [0.15, 0.2) is 23.3 Å². The fourth-order valence-electron chi connectivity index (χ4n) is 2.51. The molecule has 1 heterocycles. The molecule has 1 amide bonds. The van der Waals surface area contributed by atoms with Crippen molar-refractivity contribution in [3.63, 3.8) is 0 Å². The van der Waals surface area contributed by atoms with Crippen LogP contribution in [-0.4, -0.2) is 24.8 Å². The summed E-state index contributed by atoms with van der Waals surface area (Å²) >= 11 is 10.7. The number of aliphatic imine (C=N–C) groups is 1. The normalized spacial score (nSPS) is 16.0. The molecule has 1 aliphatic heterocycles. The average molecular weight is 493 g/mol. The van der Waals surface area contributed by atoms with Crippen LogP contribution in [0.15, 0.2) is 44.7 Å². The molecule has 0 radical (unpaired) electrons. The molecule has 148 valence electrons. The van der Waals surface area contributed by atoms with Gasteiger partial charge < -0.3 is 14.8 Å². The number of carbonyl (C=O) groups excluding carboxylic acids is 1. The van der Waals surface area contributed by atoms with Gasteiger partial charge in [-0.2, -0.15) is 5.26 Å². The van der Waals surface area contributed by atoms with Crippen LogP contribution in [0, 0.1) is 18.3 Å². The summed E-state index contributed by atoms with van der Waals surface area (Å²) in [4.78, 5) is 17.4. The zero-order valence-electron chi connectivity index (χ0n) is 15.5. The third kappa shape index (κ3) is 5.12. The van der Waals surface area contributed by atoms with Crippen molar-refractivity contribution in [2.75, 3.05) is 13.7 Å². The summed E-state index contributed by atoms with van der Waals surface area (Å²) in [5, 5.41) is 12.5. The lowest BCUT2D eigenvalue weighted by atomic mass is 10.2. The standard InChI is InChI=1S/C20H15BrClN3O3S/c1-11-3-4-13(22)10-15(11)24-20-25-19(26)17(29-20)9-12-7-14(21)18(28-6-5-23)16(8-12)27-2/h3-4,7-10H,6H2,1-2H3,(H,24,25,26)/b17-9-. The Morgan fingerprint density at radius 3 is 2.90 bits per heavy atom. The Balaban J connectivity index is 1.88. The van der Waals surface area contributed by atoms with E-state index in [0.29, 0.717) is 36.8 Å². The molecular formula is C20H15BrClN3O3S. The van der Waals surface area contributed by atoms with E-state index in [2.05, 4.69) is 26.2 Å². The minimum absolute atomic E-state index is 0.101. The zero-order chi connectivity index (χ0) is 21.0. The number of methoxy groups -OCH3 is 1. The summed E-state index contributed by atoms with van der Waals surface area (Å²) in [6, 6.07) is 10.9. The maximum absolute atomic E-state index is 12.4. The van der Waals surface area contributed by atoms with Crippen molar-refractivity contribution in [3.05, 3.63) is 55.9 Å². The van der Waals surface area contributed by atoms with Gasteiger partial charge in [0.25, 0.3) is 5.91 Å². The molecule has 0 bridgehead atoms. The van der Waals surface area contributed by atoms with Gasteiger partial charge in [-0.15, -0.1) is 0 Å². The van der Waals surface area contributed by atoms with E-state index in [1.807, 2.05) is 19.1 Å². The van der Waals surface area contributed by atoms with E-state index in [1.165, 1.54) is 18.9 Å². The zero-order valence-corrected chi connectivity index (χ0v) is 18.6. The van der Waals surface area contributed by atoms with Crippen molar-refractivity contribution in [2.45, 2.75) is 6.92 Å². The predicted molar refractivity (Wildman–Crippen MR) is 119 cm³/mol. The molecule has 0 spiro atoms. The molecule has 2 aromatic rings. The highest BCUT2D eigenvalue weighted by molar-refractivity contribution is 9.10. The maximum Gasteiger partial charge on any atom is 0.264 e. The Kier molecular flexibility index (Phi) is 6.85. The number of hydrogen-bond acceptors (Lipinski definition) is 6. The van der Waals surface area contributed by atoms with Crippen molar-refractivity contribution in [1.29, 1.82) is 5.26 Å². The van der Waals surface area contributed by atoms with E-state index in [4.69, 9.17) is 26.3 Å². The molecule has 1 N–H and O–H groups in total. The number of thioether (sulfide) groups is 1. The average Bonchev–Trinajstić information content (AvgIpc) is 3.02. The number of hydrogen-bond donors (Lipinski definition) is 1. The van der Waals surface area contributed by atoms with Crippen LogP contribution < -0.4 is 14.8 Å². The lowest BCUT2D eigenvalue weighted by Gasteiger charge is -2.11. The molecule has 1 fully saturated rings. The number of aryl methyl sites for hydroxylation is 1. The molecule has 9 heteroatoms. The number of halogens is 2. The number of nitriles is 1. The second-order valence-corrected chi connectivity index (χ2v) is 8.21. The van der Waals surface area contributed by atoms with E-state index in [1.54, 1.807) is 30.3 Å². The van der Waals surface area contributed by atoms with Crippen molar-refractivity contribution in [3.8, 4) is 17.6 Å². The first-order valence-electron chi connectivity index (χ1n) is 8.34. The van der Waals surface area contributed by atoms with Crippen LogP contribution in [0.3, 0.4) is 0 Å². The fourth-order valence-corrected chi connectivity index (χ4v) is 4.09. The minimum atomic E-state index is -0.242. The fraction of sp³-hybridized carbons (Fsp3) is 0.150. The third-order valence-corrected chi connectivity index (χ3v) is 5.61. The maximum atomic E-state index is 12.4. The highest BCUT2D eigenvalue weighted by Gasteiger charge is 2.24. The van der Waals surface area contributed by atoms with Gasteiger partial charge in [0, 0.05) is 5.02 Å². The number of rotatable bonds is 5. The second kappa shape index (κ2) is 9.35. The van der Waals surface area contributed by atoms with Crippen LogP contribution in [0.2, 0.25) is 5.02 Å². The van der Waals surface area contributed by atoms with Crippen molar-refractivity contribution < 1.29 is 14.3 Å². The summed E-state index contributed by atoms with van der Waals surface area (Å²) in [5.74, 6) is 0.639. The molecule has 29 heavy (non-hydrogen) atoms. The molecule has 0 unspecified atom stereocenters. The van der Waals surface area contributed by atoms with Gasteiger partial charge in [-0.05, 0) is 76.1 Å². The van der Waals surface area contributed by atoms with Gasteiger partial charge in [0.2, 0.25) is 0 Å². The van der Waals surface area contributed by atoms with Crippen molar-refractivity contribution >= 4 is 62.1 Å². The quantitative estimate of drug-likeness (QED) is 0.579. The first-order chi connectivity index (χ1) is 13.9. The summed E-state index contributed by atoms with van der Waals surface area (Å²) < 4.78 is 11.3. The number of nitrogens with zero attached hydrogens (tertiary/aromatic N) is 2. The highest BCUT2D eigenvalue weighted by atomic mass is 79.9. The number of nitrogens with one attached hydrogen (secondary N) is 1. The topological polar surface area (TPSA) is 83.7 Å². The van der Waals surface area contributed by atoms with Crippen LogP contribution in [0.25, 0.3) is 6.08 Å². The summed E-state index contributed by atoms with van der Waals surface area (Å²) in [5.41, 5.74) is 2.39. The van der Waals surface area contributed by atoms with Crippen molar-refractivity contribution in [2.24, 2.45) is 4.99 Å². The number of amides is 1.